The molecule has 2 aromatic carbocycles. The van der Waals surface area contributed by atoms with E-state index in [1.165, 1.54) is 12.1 Å². The monoisotopic (exact) mass is 414 g/mol. The molecule has 0 radical (unpaired) electrons. The van der Waals surface area contributed by atoms with Crippen LogP contribution in [-0.4, -0.2) is 42.9 Å². The number of amides is 1. The number of hydrogen-bond donors (Lipinski definition) is 0. The third-order valence-electron chi connectivity index (χ3n) is 5.20. The molecule has 2 heterocycles. The van der Waals surface area contributed by atoms with Crippen LogP contribution in [0.2, 0.25) is 5.02 Å². The van der Waals surface area contributed by atoms with Crippen LogP contribution in [0.15, 0.2) is 45.6 Å². The molecule has 0 saturated carbocycles. The number of nitrogens with zero attached hydrogens (tertiary/aromatic N) is 2. The molecule has 5 nitrogen and oxygen atoms in total. The lowest BCUT2D eigenvalue weighted by molar-refractivity contribution is 0.0716. The van der Waals surface area contributed by atoms with Crippen LogP contribution in [0.25, 0.3) is 11.0 Å². The lowest BCUT2D eigenvalue weighted by atomic mass is 9.98. The number of carbonyl (C=O) groups is 1. The number of benzene rings is 2. The number of rotatable bonds is 4. The van der Waals surface area contributed by atoms with E-state index in [-0.39, 0.29) is 22.7 Å². The number of aryl methyl sites for hydroxylation is 1. The molecule has 3 aromatic rings. The van der Waals surface area contributed by atoms with Crippen LogP contribution in [0.3, 0.4) is 0 Å². The Kier molecular flexibility index (Phi) is 4.92. The van der Waals surface area contributed by atoms with Gasteiger partial charge in [-0.3, -0.25) is 9.59 Å². The fraction of sp³-hybridized carbons (Fsp3) is 0.273. The van der Waals surface area contributed by atoms with Crippen molar-refractivity contribution in [3.05, 3.63) is 79.9 Å². The second-order valence-corrected chi connectivity index (χ2v) is 7.94. The average Bonchev–Trinajstić information content (AvgIpc) is 2.94. The van der Waals surface area contributed by atoms with E-state index in [2.05, 4.69) is 0 Å². The lowest BCUT2D eigenvalue weighted by Crippen LogP contribution is -2.35. The summed E-state index contributed by atoms with van der Waals surface area (Å²) < 4.78 is 19.9. The van der Waals surface area contributed by atoms with Gasteiger partial charge in [0.15, 0.2) is 5.43 Å². The molecule has 1 aliphatic rings. The van der Waals surface area contributed by atoms with Gasteiger partial charge in [0.25, 0.3) is 5.91 Å². The van der Waals surface area contributed by atoms with Gasteiger partial charge in [-0.2, -0.15) is 0 Å². The molecule has 0 unspecified atom stereocenters. The summed E-state index contributed by atoms with van der Waals surface area (Å²) in [5.41, 5.74) is 1.50. The van der Waals surface area contributed by atoms with Crippen molar-refractivity contribution in [2.45, 2.75) is 13.0 Å². The molecule has 0 bridgehead atoms. The van der Waals surface area contributed by atoms with Crippen molar-refractivity contribution in [1.82, 2.24) is 9.80 Å². The molecule has 1 atom stereocenters. The largest absolute Gasteiger partial charge is 0.450 e. The molecule has 1 aliphatic heterocycles. The predicted octanol–water partition coefficient (Wildman–Crippen LogP) is 4.00. The highest BCUT2D eigenvalue weighted by molar-refractivity contribution is 6.32. The molecule has 0 N–H and O–H groups in total. The number of likely N-dealkylation sites (N-methyl/N-ethyl adjacent to an activating group) is 1. The Morgan fingerprint density at radius 2 is 1.97 bits per heavy atom. The lowest BCUT2D eigenvalue weighted by Gasteiger charge is -2.26. The van der Waals surface area contributed by atoms with Crippen molar-refractivity contribution in [2.75, 3.05) is 27.2 Å². The molecule has 0 spiro atoms. The maximum absolute atomic E-state index is 14.0. The normalized spacial score (nSPS) is 16.1. The van der Waals surface area contributed by atoms with E-state index >= 15 is 0 Å². The zero-order valence-corrected chi connectivity index (χ0v) is 17.1. The zero-order valence-electron chi connectivity index (χ0n) is 16.3. The summed E-state index contributed by atoms with van der Waals surface area (Å²) in [4.78, 5) is 30.1. The minimum atomic E-state index is -0.714. The Hall–Kier alpha value is -2.70. The summed E-state index contributed by atoms with van der Waals surface area (Å²) in [6, 6.07) is 8.47. The second kappa shape index (κ2) is 7.28. The van der Waals surface area contributed by atoms with Crippen LogP contribution in [0.4, 0.5) is 4.39 Å². The van der Waals surface area contributed by atoms with Gasteiger partial charge in [-0.05, 0) is 56.4 Å². The van der Waals surface area contributed by atoms with E-state index in [9.17, 15) is 14.0 Å². The van der Waals surface area contributed by atoms with Gasteiger partial charge in [-0.1, -0.05) is 23.7 Å². The van der Waals surface area contributed by atoms with Gasteiger partial charge in [-0.15, -0.1) is 0 Å². The van der Waals surface area contributed by atoms with Crippen molar-refractivity contribution in [1.29, 1.82) is 0 Å². The van der Waals surface area contributed by atoms with Crippen LogP contribution in [0, 0.1) is 12.7 Å². The zero-order chi connectivity index (χ0) is 20.9. The van der Waals surface area contributed by atoms with Gasteiger partial charge in [-0.25, -0.2) is 4.39 Å². The van der Waals surface area contributed by atoms with Gasteiger partial charge < -0.3 is 14.2 Å². The van der Waals surface area contributed by atoms with Crippen molar-refractivity contribution < 1.29 is 13.6 Å². The third-order valence-corrected chi connectivity index (χ3v) is 5.61. The summed E-state index contributed by atoms with van der Waals surface area (Å²) in [5.74, 6) is -0.792. The Morgan fingerprint density at radius 3 is 2.66 bits per heavy atom. The topological polar surface area (TPSA) is 53.8 Å². The molecule has 7 heteroatoms. The molecule has 1 aromatic heterocycles. The standard InChI is InChI=1S/C22H20ClFN2O3/c1-12-9-17-15(11-16(12)23)20(27)18-19(13-5-4-6-14(24)10-13)26(8-7-25(2)3)22(28)21(18)29-17/h4-6,9-11,19H,7-8H2,1-3H3/t19-/m0/s1. The molecular formula is C22H20ClFN2O3. The molecule has 0 saturated heterocycles. The first kappa shape index (κ1) is 19.6. The SMILES string of the molecule is Cc1cc2oc3c(c(=O)c2cc1Cl)[C@H](c1cccc(F)c1)N(CCN(C)C)C3=O. The van der Waals surface area contributed by atoms with Crippen LogP contribution < -0.4 is 5.43 Å². The fourth-order valence-corrected chi connectivity index (χ4v) is 3.87. The molecule has 4 rings (SSSR count). The van der Waals surface area contributed by atoms with Crippen LogP contribution in [0.5, 0.6) is 0 Å². The third kappa shape index (κ3) is 3.32. The second-order valence-electron chi connectivity index (χ2n) is 7.53. The van der Waals surface area contributed by atoms with Gasteiger partial charge in [0.1, 0.15) is 11.4 Å². The van der Waals surface area contributed by atoms with Gasteiger partial charge in [0.2, 0.25) is 5.76 Å². The van der Waals surface area contributed by atoms with Crippen molar-refractivity contribution in [3.8, 4) is 0 Å². The summed E-state index contributed by atoms with van der Waals surface area (Å²) in [7, 11) is 3.79. The van der Waals surface area contributed by atoms with Gasteiger partial charge in [0.05, 0.1) is 17.0 Å². The molecule has 150 valence electrons. The molecular weight excluding hydrogens is 395 g/mol. The fourth-order valence-electron chi connectivity index (χ4n) is 3.70. The Bertz CT molecular complexity index is 1190. The van der Waals surface area contributed by atoms with E-state index in [1.54, 1.807) is 36.1 Å². The minimum absolute atomic E-state index is 0.0113. The Morgan fingerprint density at radius 1 is 1.21 bits per heavy atom. The first-order valence-electron chi connectivity index (χ1n) is 9.26. The number of fused-ring (bicyclic) bond motifs is 2. The number of carbonyl (C=O) groups excluding carboxylic acids is 1. The maximum Gasteiger partial charge on any atom is 0.290 e. The average molecular weight is 415 g/mol. The highest BCUT2D eigenvalue weighted by Gasteiger charge is 2.42. The predicted molar refractivity (Wildman–Crippen MR) is 110 cm³/mol. The van der Waals surface area contributed by atoms with E-state index in [1.807, 2.05) is 19.0 Å². The summed E-state index contributed by atoms with van der Waals surface area (Å²) in [5, 5.41) is 0.754. The van der Waals surface area contributed by atoms with Crippen molar-refractivity contribution in [3.63, 3.8) is 0 Å². The number of hydrogen-bond acceptors (Lipinski definition) is 4. The quantitative estimate of drug-likeness (QED) is 0.647. The maximum atomic E-state index is 14.0. The van der Waals surface area contributed by atoms with Gasteiger partial charge >= 0.3 is 0 Å². The van der Waals surface area contributed by atoms with Crippen molar-refractivity contribution >= 4 is 28.5 Å². The number of halogens is 2. The van der Waals surface area contributed by atoms with E-state index in [0.29, 0.717) is 34.6 Å². The van der Waals surface area contributed by atoms with Crippen LogP contribution >= 0.6 is 11.6 Å². The molecule has 0 fully saturated rings. The summed E-state index contributed by atoms with van der Waals surface area (Å²) >= 11 is 6.21. The Balaban J connectivity index is 1.97. The minimum Gasteiger partial charge on any atom is -0.450 e. The first-order chi connectivity index (χ1) is 13.8. The van der Waals surface area contributed by atoms with Crippen LogP contribution in [-0.2, 0) is 0 Å². The van der Waals surface area contributed by atoms with Crippen LogP contribution in [0.1, 0.15) is 33.3 Å². The molecule has 0 aliphatic carbocycles. The Labute approximate surface area is 172 Å². The van der Waals surface area contributed by atoms with Gasteiger partial charge in [0, 0.05) is 18.1 Å². The molecule has 1 amide bonds. The summed E-state index contributed by atoms with van der Waals surface area (Å²) in [6.07, 6.45) is 0. The first-order valence-corrected chi connectivity index (χ1v) is 9.63. The highest BCUT2D eigenvalue weighted by atomic mass is 35.5. The van der Waals surface area contributed by atoms with E-state index in [4.69, 9.17) is 16.0 Å². The van der Waals surface area contributed by atoms with E-state index in [0.717, 1.165) is 5.56 Å². The molecule has 29 heavy (non-hydrogen) atoms. The van der Waals surface area contributed by atoms with Crippen molar-refractivity contribution in [2.24, 2.45) is 0 Å². The van der Waals surface area contributed by atoms with E-state index < -0.39 is 11.9 Å². The summed E-state index contributed by atoms with van der Waals surface area (Å²) in [6.45, 7) is 2.76. The highest BCUT2D eigenvalue weighted by Crippen LogP contribution is 2.38. The smallest absolute Gasteiger partial charge is 0.290 e.